The van der Waals surface area contributed by atoms with Crippen LogP contribution in [0.4, 0.5) is 5.95 Å². The van der Waals surface area contributed by atoms with Crippen LogP contribution in [0, 0.1) is 6.92 Å². The van der Waals surface area contributed by atoms with Gasteiger partial charge in [0.2, 0.25) is 5.95 Å². The number of anilines is 1. The van der Waals surface area contributed by atoms with E-state index in [0.717, 1.165) is 29.4 Å². The summed E-state index contributed by atoms with van der Waals surface area (Å²) in [7, 11) is 3.96. The molecule has 3 heterocycles. The molecule has 0 radical (unpaired) electrons. The first-order valence-electron chi connectivity index (χ1n) is 8.12. The zero-order chi connectivity index (χ0) is 17.4. The Balaban J connectivity index is 1.64. The van der Waals surface area contributed by atoms with Crippen LogP contribution >= 0.6 is 11.3 Å². The van der Waals surface area contributed by atoms with Gasteiger partial charge in [0.15, 0.2) is 0 Å². The SMILES string of the molecule is Cc1cnc(N(C)Cc2cc3ccccc3s2)nc1-c1ccnn1C. The van der Waals surface area contributed by atoms with Crippen molar-refractivity contribution in [3.8, 4) is 11.4 Å². The Morgan fingerprint density at radius 1 is 1.20 bits per heavy atom. The molecular formula is C19H19N5S. The van der Waals surface area contributed by atoms with Crippen molar-refractivity contribution in [1.29, 1.82) is 0 Å². The summed E-state index contributed by atoms with van der Waals surface area (Å²) >= 11 is 1.82. The maximum Gasteiger partial charge on any atom is 0.225 e. The van der Waals surface area contributed by atoms with E-state index in [1.165, 1.54) is 15.0 Å². The van der Waals surface area contributed by atoms with Crippen LogP contribution in [0.5, 0.6) is 0 Å². The van der Waals surface area contributed by atoms with Gasteiger partial charge >= 0.3 is 0 Å². The fraction of sp³-hybridized carbons (Fsp3) is 0.211. The number of aryl methyl sites for hydroxylation is 2. The van der Waals surface area contributed by atoms with Crippen molar-refractivity contribution in [2.75, 3.05) is 11.9 Å². The van der Waals surface area contributed by atoms with E-state index in [0.29, 0.717) is 0 Å². The van der Waals surface area contributed by atoms with Crippen molar-refractivity contribution in [2.24, 2.45) is 7.05 Å². The quantitative estimate of drug-likeness (QED) is 0.558. The molecule has 3 aromatic heterocycles. The fourth-order valence-corrected chi connectivity index (χ4v) is 4.02. The Morgan fingerprint density at radius 3 is 2.80 bits per heavy atom. The third kappa shape index (κ3) is 3.00. The molecule has 0 aliphatic carbocycles. The van der Waals surface area contributed by atoms with Gasteiger partial charge in [-0.3, -0.25) is 4.68 Å². The maximum atomic E-state index is 4.78. The number of hydrogen-bond acceptors (Lipinski definition) is 5. The van der Waals surface area contributed by atoms with E-state index in [1.54, 1.807) is 6.20 Å². The number of fused-ring (bicyclic) bond motifs is 1. The lowest BCUT2D eigenvalue weighted by molar-refractivity contribution is 0.770. The highest BCUT2D eigenvalue weighted by Gasteiger charge is 2.13. The van der Waals surface area contributed by atoms with Crippen molar-refractivity contribution >= 4 is 27.4 Å². The van der Waals surface area contributed by atoms with Crippen LogP contribution in [-0.4, -0.2) is 26.8 Å². The molecule has 0 fully saturated rings. The highest BCUT2D eigenvalue weighted by molar-refractivity contribution is 7.19. The van der Waals surface area contributed by atoms with E-state index >= 15 is 0 Å². The van der Waals surface area contributed by atoms with Gasteiger partial charge in [0.1, 0.15) is 0 Å². The van der Waals surface area contributed by atoms with Gasteiger partial charge in [-0.1, -0.05) is 18.2 Å². The second-order valence-electron chi connectivity index (χ2n) is 6.15. The molecular weight excluding hydrogens is 330 g/mol. The summed E-state index contributed by atoms with van der Waals surface area (Å²) in [5.41, 5.74) is 2.97. The highest BCUT2D eigenvalue weighted by Crippen LogP contribution is 2.27. The summed E-state index contributed by atoms with van der Waals surface area (Å²) in [4.78, 5) is 12.7. The van der Waals surface area contributed by atoms with Gasteiger partial charge in [-0.2, -0.15) is 5.10 Å². The van der Waals surface area contributed by atoms with Crippen LogP contribution in [0.3, 0.4) is 0 Å². The molecule has 0 bridgehead atoms. The Kier molecular flexibility index (Phi) is 3.97. The lowest BCUT2D eigenvalue weighted by Gasteiger charge is -2.17. The molecule has 126 valence electrons. The minimum atomic E-state index is 0.722. The van der Waals surface area contributed by atoms with Gasteiger partial charge in [-0.15, -0.1) is 11.3 Å². The summed E-state index contributed by atoms with van der Waals surface area (Å²) in [5, 5.41) is 5.53. The van der Waals surface area contributed by atoms with E-state index < -0.39 is 0 Å². The number of benzene rings is 1. The van der Waals surface area contributed by atoms with E-state index in [-0.39, 0.29) is 0 Å². The molecule has 0 spiro atoms. The Morgan fingerprint density at radius 2 is 2.04 bits per heavy atom. The van der Waals surface area contributed by atoms with Crippen molar-refractivity contribution < 1.29 is 0 Å². The molecule has 0 unspecified atom stereocenters. The average Bonchev–Trinajstić information content (AvgIpc) is 3.20. The van der Waals surface area contributed by atoms with E-state index in [1.807, 2.05) is 49.3 Å². The summed E-state index contributed by atoms with van der Waals surface area (Å²) in [6.07, 6.45) is 3.67. The number of rotatable bonds is 4. The lowest BCUT2D eigenvalue weighted by atomic mass is 10.2. The van der Waals surface area contributed by atoms with Crippen molar-refractivity contribution in [2.45, 2.75) is 13.5 Å². The molecule has 5 nitrogen and oxygen atoms in total. The molecule has 4 aromatic rings. The fourth-order valence-electron chi connectivity index (χ4n) is 2.90. The monoisotopic (exact) mass is 349 g/mol. The molecule has 0 amide bonds. The van der Waals surface area contributed by atoms with Crippen LogP contribution in [0.25, 0.3) is 21.5 Å². The second kappa shape index (κ2) is 6.29. The molecule has 0 saturated carbocycles. The molecule has 0 aliphatic rings. The molecule has 0 atom stereocenters. The summed E-state index contributed by atoms with van der Waals surface area (Å²) < 4.78 is 3.15. The molecule has 6 heteroatoms. The smallest absolute Gasteiger partial charge is 0.225 e. The topological polar surface area (TPSA) is 46.8 Å². The first-order valence-corrected chi connectivity index (χ1v) is 8.94. The van der Waals surface area contributed by atoms with Crippen molar-refractivity contribution in [3.63, 3.8) is 0 Å². The van der Waals surface area contributed by atoms with Gasteiger partial charge < -0.3 is 4.90 Å². The predicted octanol–water partition coefficient (Wildman–Crippen LogP) is 4.04. The van der Waals surface area contributed by atoms with Crippen molar-refractivity contribution in [1.82, 2.24) is 19.7 Å². The molecule has 0 N–H and O–H groups in total. The summed E-state index contributed by atoms with van der Waals surface area (Å²) in [5.74, 6) is 0.722. The second-order valence-corrected chi connectivity index (χ2v) is 7.32. The van der Waals surface area contributed by atoms with Crippen LogP contribution in [0.2, 0.25) is 0 Å². The molecule has 1 aromatic carbocycles. The third-order valence-corrected chi connectivity index (χ3v) is 5.33. The van der Waals surface area contributed by atoms with Gasteiger partial charge in [0.05, 0.1) is 17.9 Å². The lowest BCUT2D eigenvalue weighted by Crippen LogP contribution is -2.19. The Hall–Kier alpha value is -2.73. The largest absolute Gasteiger partial charge is 0.339 e. The zero-order valence-electron chi connectivity index (χ0n) is 14.5. The number of thiophene rings is 1. The highest BCUT2D eigenvalue weighted by atomic mass is 32.1. The van der Waals surface area contributed by atoms with Crippen LogP contribution in [-0.2, 0) is 13.6 Å². The number of hydrogen-bond donors (Lipinski definition) is 0. The maximum absolute atomic E-state index is 4.78. The number of nitrogens with zero attached hydrogens (tertiary/aromatic N) is 5. The Labute approximate surface area is 150 Å². The standard InChI is InChI=1S/C19H19N5S/c1-13-11-20-19(22-18(13)16-8-9-21-24(16)3)23(2)12-15-10-14-6-4-5-7-17(14)25-15/h4-11H,12H2,1-3H3. The van der Waals surface area contributed by atoms with Crippen molar-refractivity contribution in [3.05, 3.63) is 59.2 Å². The third-order valence-electron chi connectivity index (χ3n) is 4.23. The molecule has 0 saturated heterocycles. The average molecular weight is 349 g/mol. The summed E-state index contributed by atoms with van der Waals surface area (Å²) in [6.45, 7) is 2.81. The predicted molar refractivity (Wildman–Crippen MR) is 103 cm³/mol. The van der Waals surface area contributed by atoms with Gasteiger partial charge in [0, 0.05) is 36.1 Å². The first kappa shape index (κ1) is 15.8. The Bertz CT molecular complexity index is 1000. The minimum Gasteiger partial charge on any atom is -0.339 e. The molecule has 0 aliphatic heterocycles. The summed E-state index contributed by atoms with van der Waals surface area (Å²) in [6, 6.07) is 12.7. The van der Waals surface area contributed by atoms with E-state index in [9.17, 15) is 0 Å². The van der Waals surface area contributed by atoms with Gasteiger partial charge in [-0.25, -0.2) is 9.97 Å². The van der Waals surface area contributed by atoms with Crippen LogP contribution in [0.15, 0.2) is 48.8 Å². The minimum absolute atomic E-state index is 0.722. The van der Waals surface area contributed by atoms with Gasteiger partial charge in [-0.05, 0) is 36.1 Å². The van der Waals surface area contributed by atoms with Crippen LogP contribution < -0.4 is 4.90 Å². The molecule has 25 heavy (non-hydrogen) atoms. The first-order chi connectivity index (χ1) is 12.1. The molecule has 4 rings (SSSR count). The van der Waals surface area contributed by atoms with E-state index in [4.69, 9.17) is 4.98 Å². The zero-order valence-corrected chi connectivity index (χ0v) is 15.3. The number of aromatic nitrogens is 4. The van der Waals surface area contributed by atoms with Gasteiger partial charge in [0.25, 0.3) is 0 Å². The van der Waals surface area contributed by atoms with Crippen LogP contribution in [0.1, 0.15) is 10.4 Å². The van der Waals surface area contributed by atoms with E-state index in [2.05, 4.69) is 45.3 Å². The normalized spacial score (nSPS) is 11.2.